The first-order valence-electron chi connectivity index (χ1n) is 18.6. The van der Waals surface area contributed by atoms with Crippen LogP contribution in [0.25, 0.3) is 10.6 Å². The van der Waals surface area contributed by atoms with Gasteiger partial charge in [-0.3, -0.25) is 9.98 Å². The van der Waals surface area contributed by atoms with Gasteiger partial charge in [0.1, 0.15) is 0 Å². The van der Waals surface area contributed by atoms with Gasteiger partial charge in [0.15, 0.2) is 0 Å². The Morgan fingerprint density at radius 3 is 1.19 bits per heavy atom. The van der Waals surface area contributed by atoms with Crippen molar-refractivity contribution in [1.82, 2.24) is 0 Å². The average molecular weight is 825 g/mol. The molecule has 3 rings (SSSR count). The van der Waals surface area contributed by atoms with Crippen LogP contribution in [0.4, 0.5) is 0 Å². The van der Waals surface area contributed by atoms with Crippen LogP contribution in [0.15, 0.2) is 34.4 Å². The molecule has 2 fully saturated rings. The molecule has 2 heterocycles. The topological polar surface area (TPSA) is 215 Å². The van der Waals surface area contributed by atoms with Crippen molar-refractivity contribution >= 4 is 12.4 Å². The zero-order chi connectivity index (χ0) is 38.5. The van der Waals surface area contributed by atoms with Crippen LogP contribution in [-0.2, 0) is 34.1 Å². The van der Waals surface area contributed by atoms with E-state index < -0.39 is 0 Å². The van der Waals surface area contributed by atoms with Crippen molar-refractivity contribution in [2.24, 2.45) is 9.98 Å². The Morgan fingerprint density at radius 2 is 0.904 bits per heavy atom. The van der Waals surface area contributed by atoms with E-state index >= 15 is 0 Å². The Morgan fingerprint density at radius 1 is 0.538 bits per heavy atom. The predicted molar refractivity (Wildman–Crippen MR) is 206 cm³/mol. The number of piperidine rings is 1. The number of aliphatic hydroxyl groups excluding tert-OH is 8. The molecule has 1 saturated heterocycles. The molecule has 0 spiro atoms. The smallest absolute Gasteiger partial charge is 0.0718 e. The largest absolute Gasteiger partial charge is 0.680 e. The number of nitrogens with zero attached hydrogens (tertiary/aromatic N) is 4. The Bertz CT molecular complexity index is 803. The number of aliphatic hydroxyl groups is 8. The van der Waals surface area contributed by atoms with E-state index in [1.807, 2.05) is 24.6 Å². The third-order valence-electron chi connectivity index (χ3n) is 7.34. The Balaban J connectivity index is -0.000000320. The molecule has 3 aliphatic rings. The molecule has 310 valence electrons. The van der Waals surface area contributed by atoms with E-state index in [0.717, 1.165) is 19.4 Å². The van der Waals surface area contributed by atoms with Gasteiger partial charge in [-0.2, -0.15) is 6.20 Å². The standard InChI is InChI=1S/C18H26N4.4C5H12O2.2Mn/c1-2-10-18(22-14-16-8-4-6-12-20-16)17(9-1)21-13-15-7-3-5-11-19-15;4*1-4(6)3-5(2)7;;/h3,5,7,11,13-18H,1-2,4,6,8-10,12H2;4*4-7H,3H2,1-2H3;;/q-2;;;;;;. The minimum atomic E-state index is -0.375. The molecule has 2 aliphatic heterocycles. The molecule has 0 amide bonds. The number of rotatable bonds is 12. The van der Waals surface area contributed by atoms with Crippen molar-refractivity contribution in [3.63, 3.8) is 0 Å². The maximum Gasteiger partial charge on any atom is 0.0718 e. The van der Waals surface area contributed by atoms with E-state index in [1.165, 1.54) is 32.1 Å². The van der Waals surface area contributed by atoms with E-state index in [4.69, 9.17) is 50.8 Å². The number of allylic oxidation sites excluding steroid dienone is 2. The number of hydrogen-bond acceptors (Lipinski definition) is 10. The first-order valence-corrected chi connectivity index (χ1v) is 18.6. The van der Waals surface area contributed by atoms with Crippen molar-refractivity contribution in [1.29, 1.82) is 0 Å². The van der Waals surface area contributed by atoms with Gasteiger partial charge in [-0.05, 0) is 106 Å². The number of hydrogen-bond donors (Lipinski definition) is 8. The van der Waals surface area contributed by atoms with Crippen LogP contribution in [0.1, 0.15) is 126 Å². The van der Waals surface area contributed by atoms with E-state index in [0.29, 0.717) is 43.8 Å². The van der Waals surface area contributed by atoms with Crippen LogP contribution in [0.3, 0.4) is 0 Å². The molecule has 1 aliphatic carbocycles. The van der Waals surface area contributed by atoms with Gasteiger partial charge in [-0.15, -0.1) is 6.54 Å². The first-order chi connectivity index (χ1) is 23.4. The van der Waals surface area contributed by atoms with Gasteiger partial charge in [0, 0.05) is 34.1 Å². The molecule has 52 heavy (non-hydrogen) atoms. The summed E-state index contributed by atoms with van der Waals surface area (Å²) in [5.74, 6) is 0. The Kier molecular flexibility index (Phi) is 41.5. The second-order valence-electron chi connectivity index (χ2n) is 14.1. The molecule has 0 aromatic rings. The van der Waals surface area contributed by atoms with E-state index in [2.05, 4.69) is 22.9 Å². The summed E-state index contributed by atoms with van der Waals surface area (Å²) in [5, 5.41) is 77.5. The maximum absolute atomic E-state index is 8.56. The van der Waals surface area contributed by atoms with Crippen molar-refractivity contribution in [3.8, 4) is 0 Å². The summed E-state index contributed by atoms with van der Waals surface area (Å²) < 4.78 is 0. The van der Waals surface area contributed by atoms with Crippen molar-refractivity contribution in [2.45, 2.75) is 199 Å². The normalized spacial score (nSPS) is 25.4. The molecule has 2 radical (unpaired) electrons. The molecule has 0 bridgehead atoms. The average Bonchev–Trinajstić information content (AvgIpc) is 2.99. The summed E-state index contributed by atoms with van der Waals surface area (Å²) in [4.78, 5) is 9.66. The van der Waals surface area contributed by atoms with Crippen LogP contribution in [-0.4, -0.2) is 133 Å². The quantitative estimate of drug-likeness (QED) is 0.101. The molecule has 14 heteroatoms. The molecular weight excluding hydrogens is 750 g/mol. The zero-order valence-electron chi connectivity index (χ0n) is 33.0. The fourth-order valence-corrected chi connectivity index (χ4v) is 5.27. The molecule has 12 atom stereocenters. The van der Waals surface area contributed by atoms with Crippen LogP contribution in [0.2, 0.25) is 0 Å². The monoisotopic (exact) mass is 824 g/mol. The summed E-state index contributed by atoms with van der Waals surface area (Å²) in [5.41, 5.74) is 0. The third kappa shape index (κ3) is 42.0. The second kappa shape index (κ2) is 37.2. The Hall–Kier alpha value is -0.701. The summed E-state index contributed by atoms with van der Waals surface area (Å²) in [7, 11) is 0. The summed E-state index contributed by atoms with van der Waals surface area (Å²) in [6.07, 6.45) is 19.4. The predicted octanol–water partition coefficient (Wildman–Crippen LogP) is 4.74. The Labute approximate surface area is 336 Å². The van der Waals surface area contributed by atoms with Crippen LogP contribution in [0.5, 0.6) is 0 Å². The minimum Gasteiger partial charge on any atom is -0.680 e. The third-order valence-corrected chi connectivity index (χ3v) is 7.34. The molecule has 8 N–H and O–H groups in total. The molecule has 12 unspecified atom stereocenters. The van der Waals surface area contributed by atoms with Gasteiger partial charge in [0.05, 0.1) is 60.9 Å². The molecule has 0 aromatic heterocycles. The van der Waals surface area contributed by atoms with E-state index in [9.17, 15) is 0 Å². The molecule has 12 nitrogen and oxygen atoms in total. The van der Waals surface area contributed by atoms with Gasteiger partial charge >= 0.3 is 0 Å². The van der Waals surface area contributed by atoms with Crippen LogP contribution >= 0.6 is 0 Å². The van der Waals surface area contributed by atoms with Gasteiger partial charge in [-0.1, -0.05) is 62.4 Å². The van der Waals surface area contributed by atoms with Gasteiger partial charge in [-0.25, -0.2) is 0 Å². The van der Waals surface area contributed by atoms with E-state index in [1.54, 1.807) is 55.4 Å². The fraction of sp³-hybridized carbons (Fsp3) is 0.842. The first kappa shape index (κ1) is 58.0. The molecular formula is C38H74Mn2N4O8-2. The maximum atomic E-state index is 8.56. The van der Waals surface area contributed by atoms with Crippen LogP contribution in [0, 0.1) is 0 Å². The minimum absolute atomic E-state index is 0. The summed E-state index contributed by atoms with van der Waals surface area (Å²) in [6.45, 7) is 14.3. The van der Waals surface area contributed by atoms with Gasteiger partial charge < -0.3 is 51.5 Å². The fourth-order valence-electron chi connectivity index (χ4n) is 5.27. The number of aliphatic imine (C=N–C) groups is 2. The zero-order valence-corrected chi connectivity index (χ0v) is 35.4. The van der Waals surface area contributed by atoms with Crippen molar-refractivity contribution < 1.29 is 75.0 Å². The molecule has 1 saturated carbocycles. The van der Waals surface area contributed by atoms with Gasteiger partial charge in [0.25, 0.3) is 0 Å². The van der Waals surface area contributed by atoms with E-state index in [-0.39, 0.29) is 89.0 Å². The van der Waals surface area contributed by atoms with Crippen LogP contribution < -0.4 is 0 Å². The van der Waals surface area contributed by atoms with Crippen molar-refractivity contribution in [3.05, 3.63) is 35.1 Å². The second-order valence-corrected chi connectivity index (χ2v) is 14.1. The molecule has 0 aromatic carbocycles. The van der Waals surface area contributed by atoms with Gasteiger partial charge in [0.2, 0.25) is 0 Å². The summed E-state index contributed by atoms with van der Waals surface area (Å²) in [6, 6.07) is 1.11. The SMILES string of the molecule is C1=C[N-]C(C=NC2CCCCC2N=CC2CCCC[N-]2)C=C1.CC(O)CC(C)O.CC(O)CC(C)O.CC(O)CC(C)O.CC(O)CC(C)O.[Mn].[Mn]. The summed E-state index contributed by atoms with van der Waals surface area (Å²) >= 11 is 0. The van der Waals surface area contributed by atoms with Crippen molar-refractivity contribution in [2.75, 3.05) is 6.54 Å².